The fourth-order valence-corrected chi connectivity index (χ4v) is 6.37. The summed E-state index contributed by atoms with van der Waals surface area (Å²) in [6.07, 6.45) is 3.41. The van der Waals surface area contributed by atoms with Crippen molar-refractivity contribution in [1.82, 2.24) is 24.3 Å². The van der Waals surface area contributed by atoms with Crippen LogP contribution in [0, 0.1) is 5.92 Å². The number of hydrogen-bond donors (Lipinski definition) is 1. The number of carbonyl (C=O) groups is 3. The maximum atomic E-state index is 13.1. The number of benzene rings is 1. The maximum Gasteiger partial charge on any atom is 0.410 e. The van der Waals surface area contributed by atoms with Crippen molar-refractivity contribution in [3.05, 3.63) is 28.7 Å². The Bertz CT molecular complexity index is 1350. The predicted molar refractivity (Wildman–Crippen MR) is 152 cm³/mol. The van der Waals surface area contributed by atoms with Gasteiger partial charge in [0.05, 0.1) is 11.0 Å². The molecule has 1 aromatic heterocycles. The van der Waals surface area contributed by atoms with Crippen LogP contribution >= 0.6 is 0 Å². The first kappa shape index (κ1) is 28.2. The van der Waals surface area contributed by atoms with E-state index in [1.807, 2.05) is 43.9 Å². The van der Waals surface area contributed by atoms with Gasteiger partial charge >= 0.3 is 11.8 Å². The molecule has 3 amide bonds. The fourth-order valence-electron chi connectivity index (χ4n) is 6.37. The average Bonchev–Trinajstić information content (AvgIpc) is 3.46. The lowest BCUT2D eigenvalue weighted by Crippen LogP contribution is -2.45. The van der Waals surface area contributed by atoms with E-state index in [-0.39, 0.29) is 24.1 Å². The van der Waals surface area contributed by atoms with Crippen molar-refractivity contribution in [2.45, 2.75) is 70.6 Å². The van der Waals surface area contributed by atoms with Crippen molar-refractivity contribution < 1.29 is 19.1 Å². The van der Waals surface area contributed by atoms with Crippen LogP contribution < -0.4 is 15.9 Å². The van der Waals surface area contributed by atoms with Crippen molar-refractivity contribution >= 4 is 34.6 Å². The number of fused-ring (bicyclic) bond motifs is 1. The monoisotopic (exact) mass is 554 g/mol. The second-order valence-corrected chi connectivity index (χ2v) is 12.6. The van der Waals surface area contributed by atoms with E-state index >= 15 is 0 Å². The molecule has 40 heavy (non-hydrogen) atoms. The number of imide groups is 1. The summed E-state index contributed by atoms with van der Waals surface area (Å²) in [6, 6.07) is 5.78. The Hall–Kier alpha value is -3.34. The highest BCUT2D eigenvalue weighted by atomic mass is 16.6. The standard InChI is InChI=1S/C29H42N6O5/c1-29(2,3)40-28(39)34-13-10-19(18-34)17-31(4)20-11-14-33(15-12-20)21-6-7-22-24(16-21)32(5)27(38)35(22)23-8-9-25(36)30-26(23)37/h6-7,16,19-20,23H,8-15,17-18H2,1-5H3,(H,30,36,37)/t19-,23?/m1/s1. The highest BCUT2D eigenvalue weighted by Crippen LogP contribution is 2.29. The van der Waals surface area contributed by atoms with Crippen LogP contribution in [0.3, 0.4) is 0 Å². The first-order chi connectivity index (χ1) is 18.9. The van der Waals surface area contributed by atoms with E-state index in [2.05, 4.69) is 22.2 Å². The number of hydrogen-bond acceptors (Lipinski definition) is 7. The van der Waals surface area contributed by atoms with Gasteiger partial charge in [-0.1, -0.05) is 0 Å². The minimum Gasteiger partial charge on any atom is -0.444 e. The van der Waals surface area contributed by atoms with Crippen LogP contribution in [-0.4, -0.2) is 88.3 Å². The summed E-state index contributed by atoms with van der Waals surface area (Å²) in [5.41, 5.74) is 1.82. The third kappa shape index (κ3) is 5.75. The third-order valence-electron chi connectivity index (χ3n) is 8.53. The Kier molecular flexibility index (Phi) is 7.69. The van der Waals surface area contributed by atoms with Gasteiger partial charge in [-0.25, -0.2) is 9.59 Å². The lowest BCUT2D eigenvalue weighted by atomic mass is 10.0. The normalized spacial score (nSPS) is 22.9. The lowest BCUT2D eigenvalue weighted by molar-refractivity contribution is -0.135. The molecule has 2 aromatic rings. The number of ether oxygens (including phenoxy) is 1. The zero-order valence-electron chi connectivity index (χ0n) is 24.3. The van der Waals surface area contributed by atoms with Gasteiger partial charge < -0.3 is 19.4 Å². The number of rotatable bonds is 5. The number of aromatic nitrogens is 2. The molecule has 4 heterocycles. The lowest BCUT2D eigenvalue weighted by Gasteiger charge is -2.38. The molecule has 1 unspecified atom stereocenters. The SMILES string of the molecule is CN(C[C@H]1CCN(C(=O)OC(C)(C)C)C1)C1CCN(c2ccc3c(c2)n(C)c(=O)n3C2CCC(=O)NC2=O)CC1. The van der Waals surface area contributed by atoms with Gasteiger partial charge in [0.25, 0.3) is 0 Å². The first-order valence-corrected chi connectivity index (χ1v) is 14.4. The summed E-state index contributed by atoms with van der Waals surface area (Å²) >= 11 is 0. The van der Waals surface area contributed by atoms with Crippen molar-refractivity contribution in [2.75, 3.05) is 44.7 Å². The molecule has 0 radical (unpaired) electrons. The Labute approximate surface area is 235 Å². The van der Waals surface area contributed by atoms with E-state index in [4.69, 9.17) is 4.74 Å². The third-order valence-corrected chi connectivity index (χ3v) is 8.53. The van der Waals surface area contributed by atoms with Crippen LogP contribution in [0.25, 0.3) is 11.0 Å². The van der Waals surface area contributed by atoms with Crippen molar-refractivity contribution in [1.29, 1.82) is 0 Å². The van der Waals surface area contributed by atoms with Crippen LogP contribution in [0.4, 0.5) is 10.5 Å². The summed E-state index contributed by atoms with van der Waals surface area (Å²) in [4.78, 5) is 56.3. The molecule has 1 N–H and O–H groups in total. The molecule has 0 spiro atoms. The topological polar surface area (TPSA) is 109 Å². The van der Waals surface area contributed by atoms with Gasteiger partial charge in [-0.05, 0) is 77.6 Å². The second kappa shape index (κ2) is 10.9. The van der Waals surface area contributed by atoms with Crippen molar-refractivity contribution in [3.63, 3.8) is 0 Å². The summed E-state index contributed by atoms with van der Waals surface area (Å²) in [6.45, 7) is 9.98. The quantitative estimate of drug-likeness (QED) is 0.566. The number of anilines is 1. The van der Waals surface area contributed by atoms with Gasteiger partial charge in [0, 0.05) is 57.9 Å². The molecule has 11 nitrogen and oxygen atoms in total. The van der Waals surface area contributed by atoms with Gasteiger partial charge in [0.1, 0.15) is 11.6 Å². The Morgan fingerprint density at radius 3 is 2.45 bits per heavy atom. The number of likely N-dealkylation sites (tertiary alicyclic amines) is 1. The number of imidazole rings is 1. The largest absolute Gasteiger partial charge is 0.444 e. The highest BCUT2D eigenvalue weighted by molar-refractivity contribution is 6.00. The summed E-state index contributed by atoms with van der Waals surface area (Å²) in [7, 11) is 3.92. The fraction of sp³-hybridized carbons (Fsp3) is 0.655. The van der Waals surface area contributed by atoms with E-state index in [1.165, 1.54) is 4.57 Å². The van der Waals surface area contributed by atoms with Crippen molar-refractivity contribution in [2.24, 2.45) is 13.0 Å². The van der Waals surface area contributed by atoms with Crippen LogP contribution in [0.2, 0.25) is 0 Å². The second-order valence-electron chi connectivity index (χ2n) is 12.6. The molecule has 2 atom stereocenters. The van der Waals surface area contributed by atoms with Gasteiger partial charge in [0.2, 0.25) is 11.8 Å². The minimum absolute atomic E-state index is 0.215. The molecule has 0 aliphatic carbocycles. The van der Waals surface area contributed by atoms with E-state index < -0.39 is 17.6 Å². The molecule has 218 valence electrons. The molecule has 0 saturated carbocycles. The minimum atomic E-state index is -0.679. The van der Waals surface area contributed by atoms with Crippen LogP contribution in [0.15, 0.2) is 23.0 Å². The maximum absolute atomic E-state index is 13.1. The number of nitrogens with zero attached hydrogens (tertiary/aromatic N) is 5. The van der Waals surface area contributed by atoms with E-state index in [0.717, 1.165) is 63.2 Å². The molecule has 3 aliphatic rings. The first-order valence-electron chi connectivity index (χ1n) is 14.4. The summed E-state index contributed by atoms with van der Waals surface area (Å²) in [5.74, 6) is -0.263. The number of amides is 3. The van der Waals surface area contributed by atoms with Gasteiger partial charge in [0.15, 0.2) is 0 Å². The van der Waals surface area contributed by atoms with E-state index in [9.17, 15) is 19.2 Å². The van der Waals surface area contributed by atoms with E-state index in [1.54, 1.807) is 11.6 Å². The summed E-state index contributed by atoms with van der Waals surface area (Å²) < 4.78 is 8.66. The molecular formula is C29H42N6O5. The van der Waals surface area contributed by atoms with Crippen LogP contribution in [0.5, 0.6) is 0 Å². The van der Waals surface area contributed by atoms with Gasteiger partial charge in [-0.15, -0.1) is 0 Å². The molecule has 1 aromatic carbocycles. The zero-order valence-corrected chi connectivity index (χ0v) is 24.3. The number of nitrogens with one attached hydrogen (secondary N) is 1. The highest BCUT2D eigenvalue weighted by Gasteiger charge is 2.33. The molecule has 3 fully saturated rings. The average molecular weight is 555 g/mol. The Balaban J connectivity index is 1.19. The molecule has 3 saturated heterocycles. The van der Waals surface area contributed by atoms with Crippen molar-refractivity contribution in [3.8, 4) is 0 Å². The Morgan fingerprint density at radius 1 is 1.05 bits per heavy atom. The smallest absolute Gasteiger partial charge is 0.410 e. The van der Waals surface area contributed by atoms with Crippen LogP contribution in [0.1, 0.15) is 58.9 Å². The number of piperidine rings is 2. The zero-order chi connectivity index (χ0) is 28.8. The molecule has 0 bridgehead atoms. The van der Waals surface area contributed by atoms with Crippen LogP contribution in [-0.2, 0) is 21.4 Å². The molecule has 11 heteroatoms. The van der Waals surface area contributed by atoms with E-state index in [0.29, 0.717) is 23.9 Å². The number of aryl methyl sites for hydroxylation is 1. The number of carbonyl (C=O) groups excluding carboxylic acids is 3. The van der Waals surface area contributed by atoms with Gasteiger partial charge in [-0.3, -0.25) is 24.0 Å². The molecule has 3 aliphatic heterocycles. The predicted octanol–water partition coefficient (Wildman–Crippen LogP) is 2.48. The Morgan fingerprint density at radius 2 is 1.77 bits per heavy atom. The molecular weight excluding hydrogens is 512 g/mol. The summed E-state index contributed by atoms with van der Waals surface area (Å²) in [5, 5.41) is 2.36. The molecule has 5 rings (SSSR count). The van der Waals surface area contributed by atoms with Gasteiger partial charge in [-0.2, -0.15) is 0 Å².